The number of anilines is 1. The molecule has 0 bridgehead atoms. The number of hydrogen-bond donors (Lipinski definition) is 1. The van der Waals surface area contributed by atoms with Crippen molar-refractivity contribution < 1.29 is 8.42 Å². The number of aromatic nitrogens is 1. The minimum absolute atomic E-state index is 0.533. The molecule has 2 fully saturated rings. The fraction of sp³-hybridized carbons (Fsp3) is 0.643. The zero-order valence-corrected chi connectivity index (χ0v) is 13.1. The molecule has 1 saturated carbocycles. The van der Waals surface area contributed by atoms with E-state index in [1.54, 1.807) is 6.20 Å². The van der Waals surface area contributed by atoms with Crippen molar-refractivity contribution in [1.82, 2.24) is 14.6 Å². The fourth-order valence-electron chi connectivity index (χ4n) is 2.63. The molecule has 1 aliphatic carbocycles. The Balaban J connectivity index is 1.66. The average molecular weight is 310 g/mol. The Kier molecular flexibility index (Phi) is 4.14. The molecule has 3 rings (SSSR count). The predicted molar refractivity (Wildman–Crippen MR) is 82.7 cm³/mol. The molecular weight excluding hydrogens is 288 g/mol. The lowest BCUT2D eigenvalue weighted by atomic mass is 10.2. The van der Waals surface area contributed by atoms with Crippen LogP contribution in [0.15, 0.2) is 18.3 Å². The highest BCUT2D eigenvalue weighted by Crippen LogP contribution is 2.23. The van der Waals surface area contributed by atoms with Crippen LogP contribution >= 0.6 is 0 Å². The van der Waals surface area contributed by atoms with E-state index >= 15 is 0 Å². The second-order valence-electron chi connectivity index (χ2n) is 5.79. The Labute approximate surface area is 126 Å². The highest BCUT2D eigenvalue weighted by atomic mass is 32.2. The van der Waals surface area contributed by atoms with Gasteiger partial charge in [0.05, 0.1) is 6.26 Å². The van der Waals surface area contributed by atoms with Gasteiger partial charge in [-0.1, -0.05) is 6.07 Å². The van der Waals surface area contributed by atoms with E-state index in [2.05, 4.69) is 21.3 Å². The van der Waals surface area contributed by atoms with Crippen molar-refractivity contribution in [3.63, 3.8) is 0 Å². The maximum atomic E-state index is 11.6. The molecule has 21 heavy (non-hydrogen) atoms. The van der Waals surface area contributed by atoms with Crippen molar-refractivity contribution in [2.75, 3.05) is 37.3 Å². The first kappa shape index (κ1) is 14.7. The summed E-state index contributed by atoms with van der Waals surface area (Å²) in [6, 6.07) is 4.72. The molecular formula is C14H22N4O2S. The summed E-state index contributed by atoms with van der Waals surface area (Å²) < 4.78 is 24.7. The summed E-state index contributed by atoms with van der Waals surface area (Å²) in [4.78, 5) is 6.69. The summed E-state index contributed by atoms with van der Waals surface area (Å²) in [5, 5.41) is 3.51. The summed E-state index contributed by atoms with van der Waals surface area (Å²) in [6.07, 6.45) is 5.61. The van der Waals surface area contributed by atoms with Gasteiger partial charge in [0.1, 0.15) is 5.82 Å². The Hall–Kier alpha value is -1.18. The molecule has 0 aromatic carbocycles. The van der Waals surface area contributed by atoms with Gasteiger partial charge in [-0.2, -0.15) is 4.31 Å². The number of hydrogen-bond acceptors (Lipinski definition) is 5. The molecule has 0 amide bonds. The Bertz CT molecular complexity index is 593. The Morgan fingerprint density at radius 1 is 1.29 bits per heavy atom. The average Bonchev–Trinajstić information content (AvgIpc) is 3.29. The van der Waals surface area contributed by atoms with Crippen molar-refractivity contribution >= 4 is 15.8 Å². The van der Waals surface area contributed by atoms with Gasteiger partial charge < -0.3 is 10.2 Å². The minimum atomic E-state index is -3.08. The smallest absolute Gasteiger partial charge is 0.211 e. The van der Waals surface area contributed by atoms with Crippen LogP contribution in [0, 0.1) is 0 Å². The zero-order valence-electron chi connectivity index (χ0n) is 12.3. The van der Waals surface area contributed by atoms with E-state index < -0.39 is 10.0 Å². The number of nitrogens with one attached hydrogen (secondary N) is 1. The molecule has 1 saturated heterocycles. The Morgan fingerprint density at radius 3 is 2.62 bits per heavy atom. The maximum absolute atomic E-state index is 11.6. The molecule has 6 nitrogen and oxygen atoms in total. The van der Waals surface area contributed by atoms with Crippen LogP contribution in [0.25, 0.3) is 0 Å². The van der Waals surface area contributed by atoms with Gasteiger partial charge in [0.15, 0.2) is 0 Å². The molecule has 0 unspecified atom stereocenters. The zero-order chi connectivity index (χ0) is 14.9. The molecule has 0 spiro atoms. The molecule has 2 heterocycles. The molecule has 7 heteroatoms. The topological polar surface area (TPSA) is 65.5 Å². The summed E-state index contributed by atoms with van der Waals surface area (Å²) in [6.45, 7) is 3.29. The molecule has 1 aromatic heterocycles. The number of pyridine rings is 1. The van der Waals surface area contributed by atoms with E-state index in [1.165, 1.54) is 29.0 Å². The first-order valence-corrected chi connectivity index (χ1v) is 9.26. The van der Waals surface area contributed by atoms with Crippen LogP contribution in [0.3, 0.4) is 0 Å². The summed E-state index contributed by atoms with van der Waals surface area (Å²) in [7, 11) is -3.08. The van der Waals surface area contributed by atoms with Crippen LogP contribution in [0.4, 0.5) is 5.82 Å². The number of sulfonamides is 1. The lowest BCUT2D eigenvalue weighted by Crippen LogP contribution is -2.48. The lowest BCUT2D eigenvalue weighted by Gasteiger charge is -2.34. The van der Waals surface area contributed by atoms with Gasteiger partial charge in [0, 0.05) is 50.5 Å². The van der Waals surface area contributed by atoms with Gasteiger partial charge in [-0.05, 0) is 18.9 Å². The number of nitrogens with zero attached hydrogens (tertiary/aromatic N) is 3. The highest BCUT2D eigenvalue weighted by Gasteiger charge is 2.26. The standard InChI is InChI=1S/C14H22N4O2S/c1-21(19,20)18-9-7-17(8-10-18)14-12(3-2-6-15-14)11-16-13-4-5-13/h2-3,6,13,16H,4-5,7-11H2,1H3. The molecule has 116 valence electrons. The molecule has 1 N–H and O–H groups in total. The van der Waals surface area contributed by atoms with Crippen molar-refractivity contribution in [2.45, 2.75) is 25.4 Å². The Morgan fingerprint density at radius 2 is 2.00 bits per heavy atom. The quantitative estimate of drug-likeness (QED) is 0.853. The number of piperazine rings is 1. The van der Waals surface area contributed by atoms with E-state index in [0.717, 1.165) is 12.4 Å². The van der Waals surface area contributed by atoms with E-state index in [0.29, 0.717) is 32.2 Å². The first-order valence-electron chi connectivity index (χ1n) is 7.41. The van der Waals surface area contributed by atoms with Crippen LogP contribution in [0.1, 0.15) is 18.4 Å². The molecule has 0 atom stereocenters. The second kappa shape index (κ2) is 5.90. The van der Waals surface area contributed by atoms with Gasteiger partial charge in [-0.3, -0.25) is 0 Å². The van der Waals surface area contributed by atoms with Gasteiger partial charge >= 0.3 is 0 Å². The maximum Gasteiger partial charge on any atom is 0.211 e. The third-order valence-electron chi connectivity index (χ3n) is 4.03. The van der Waals surface area contributed by atoms with Gasteiger partial charge in [-0.25, -0.2) is 13.4 Å². The van der Waals surface area contributed by atoms with E-state index in [4.69, 9.17) is 0 Å². The third-order valence-corrected chi connectivity index (χ3v) is 5.34. The van der Waals surface area contributed by atoms with Crippen LogP contribution in [-0.2, 0) is 16.6 Å². The van der Waals surface area contributed by atoms with Crippen molar-refractivity contribution in [3.8, 4) is 0 Å². The summed E-state index contributed by atoms with van der Waals surface area (Å²) in [5.41, 5.74) is 1.19. The van der Waals surface area contributed by atoms with Crippen molar-refractivity contribution in [1.29, 1.82) is 0 Å². The van der Waals surface area contributed by atoms with Gasteiger partial charge in [0.2, 0.25) is 10.0 Å². The minimum Gasteiger partial charge on any atom is -0.354 e. The van der Waals surface area contributed by atoms with Crippen LogP contribution in [-0.4, -0.2) is 56.2 Å². The molecule has 1 aromatic rings. The van der Waals surface area contributed by atoms with Gasteiger partial charge in [0.25, 0.3) is 0 Å². The van der Waals surface area contributed by atoms with E-state index in [-0.39, 0.29) is 0 Å². The first-order chi connectivity index (χ1) is 10.0. The van der Waals surface area contributed by atoms with Crippen LogP contribution < -0.4 is 10.2 Å². The summed E-state index contributed by atoms with van der Waals surface area (Å²) in [5.74, 6) is 0.985. The lowest BCUT2D eigenvalue weighted by molar-refractivity contribution is 0.386. The highest BCUT2D eigenvalue weighted by molar-refractivity contribution is 7.88. The molecule has 1 aliphatic heterocycles. The van der Waals surface area contributed by atoms with Crippen molar-refractivity contribution in [2.24, 2.45) is 0 Å². The van der Waals surface area contributed by atoms with Crippen LogP contribution in [0.2, 0.25) is 0 Å². The second-order valence-corrected chi connectivity index (χ2v) is 7.77. The number of rotatable bonds is 5. The third kappa shape index (κ3) is 3.72. The normalized spacial score (nSPS) is 20.7. The summed E-state index contributed by atoms with van der Waals surface area (Å²) >= 11 is 0. The fourth-order valence-corrected chi connectivity index (χ4v) is 3.45. The van der Waals surface area contributed by atoms with Crippen molar-refractivity contribution in [3.05, 3.63) is 23.9 Å². The predicted octanol–water partition coefficient (Wildman–Crippen LogP) is 0.415. The van der Waals surface area contributed by atoms with E-state index in [1.807, 2.05) is 6.07 Å². The molecule has 0 radical (unpaired) electrons. The largest absolute Gasteiger partial charge is 0.354 e. The van der Waals surface area contributed by atoms with Crippen LogP contribution in [0.5, 0.6) is 0 Å². The van der Waals surface area contributed by atoms with E-state index in [9.17, 15) is 8.42 Å². The van der Waals surface area contributed by atoms with Gasteiger partial charge in [-0.15, -0.1) is 0 Å². The molecule has 2 aliphatic rings. The monoisotopic (exact) mass is 310 g/mol. The SMILES string of the molecule is CS(=O)(=O)N1CCN(c2ncccc2CNC2CC2)CC1.